The van der Waals surface area contributed by atoms with Crippen molar-refractivity contribution in [2.24, 2.45) is 5.92 Å². The molecule has 2 atom stereocenters. The number of likely N-dealkylation sites (tertiary alicyclic amines) is 2. The van der Waals surface area contributed by atoms with Crippen LogP contribution in [-0.4, -0.2) is 46.5 Å². The fraction of sp³-hybridized carbons (Fsp3) is 0.800. The topological polar surface area (TPSA) is 19.4 Å². The van der Waals surface area contributed by atoms with Gasteiger partial charge in [-0.05, 0) is 38.5 Å². The van der Waals surface area contributed by atoms with Crippen LogP contribution in [0.25, 0.3) is 0 Å². The normalized spacial score (nSPS) is 32.1. The molecule has 2 unspecified atom stereocenters. The number of nitrogens with zero attached hydrogens (tertiary/aromatic N) is 3. The molecule has 2 aliphatic heterocycles. The van der Waals surface area contributed by atoms with Crippen LogP contribution in [0.4, 0.5) is 0 Å². The molecule has 4 heteroatoms. The first-order valence-corrected chi connectivity index (χ1v) is 8.56. The predicted molar refractivity (Wildman–Crippen MR) is 78.4 cm³/mol. The zero-order valence-electron chi connectivity index (χ0n) is 11.7. The summed E-state index contributed by atoms with van der Waals surface area (Å²) in [4.78, 5) is 10.1. The Hall–Kier alpha value is -0.450. The Morgan fingerprint density at radius 1 is 1.16 bits per heavy atom. The minimum Gasteiger partial charge on any atom is -0.298 e. The maximum atomic E-state index is 4.63. The molecule has 3 fully saturated rings. The number of fused-ring (bicyclic) bond motifs is 1. The summed E-state index contributed by atoms with van der Waals surface area (Å²) >= 11 is 1.78. The van der Waals surface area contributed by atoms with E-state index in [1.807, 2.05) is 0 Å². The van der Waals surface area contributed by atoms with Gasteiger partial charge < -0.3 is 0 Å². The minimum atomic E-state index is 0.806. The zero-order valence-corrected chi connectivity index (χ0v) is 12.5. The Labute approximate surface area is 119 Å². The highest BCUT2D eigenvalue weighted by Gasteiger charge is 2.43. The maximum absolute atomic E-state index is 4.63. The third-order valence-corrected chi connectivity index (χ3v) is 5.85. The Bertz CT molecular complexity index is 454. The molecule has 3 aliphatic rings. The summed E-state index contributed by atoms with van der Waals surface area (Å²) < 4.78 is 0. The van der Waals surface area contributed by atoms with Crippen LogP contribution < -0.4 is 0 Å². The summed E-state index contributed by atoms with van der Waals surface area (Å²) in [5.74, 6) is 1.04. The molecule has 1 aromatic heterocycles. The molecule has 0 bridgehead atoms. The van der Waals surface area contributed by atoms with Gasteiger partial charge in [0.1, 0.15) is 0 Å². The van der Waals surface area contributed by atoms with Crippen molar-refractivity contribution in [3.05, 3.63) is 16.1 Å². The van der Waals surface area contributed by atoms with Crippen LogP contribution in [0.3, 0.4) is 0 Å². The Morgan fingerprint density at radius 2 is 1.89 bits per heavy atom. The molecule has 1 aromatic rings. The number of hydrogen-bond donors (Lipinski definition) is 0. The van der Waals surface area contributed by atoms with E-state index in [1.54, 1.807) is 11.3 Å². The van der Waals surface area contributed by atoms with Crippen molar-refractivity contribution >= 4 is 11.3 Å². The highest BCUT2D eigenvalue weighted by atomic mass is 32.1. The monoisotopic (exact) mass is 277 g/mol. The van der Waals surface area contributed by atoms with Gasteiger partial charge in [-0.1, -0.05) is 0 Å². The lowest BCUT2D eigenvalue weighted by atomic mass is 10.1. The van der Waals surface area contributed by atoms with Gasteiger partial charge in [-0.15, -0.1) is 11.3 Å². The molecule has 0 spiro atoms. The second-order valence-corrected chi connectivity index (χ2v) is 7.54. The molecule has 19 heavy (non-hydrogen) atoms. The van der Waals surface area contributed by atoms with Gasteiger partial charge in [0, 0.05) is 43.6 Å². The third-order valence-electron chi connectivity index (χ3n) is 5.03. The van der Waals surface area contributed by atoms with Crippen molar-refractivity contribution < 1.29 is 0 Å². The SMILES string of the molecule is Cc1nc(CN2CCC3C2CCN3CC2CC2)cs1. The largest absolute Gasteiger partial charge is 0.298 e. The first kappa shape index (κ1) is 12.3. The molecular formula is C15H23N3S. The van der Waals surface area contributed by atoms with Gasteiger partial charge in [0.05, 0.1) is 10.7 Å². The van der Waals surface area contributed by atoms with Crippen molar-refractivity contribution in [1.29, 1.82) is 0 Å². The number of aromatic nitrogens is 1. The molecule has 0 N–H and O–H groups in total. The lowest BCUT2D eigenvalue weighted by Crippen LogP contribution is -2.37. The molecule has 1 saturated carbocycles. The Balaban J connectivity index is 1.40. The maximum Gasteiger partial charge on any atom is 0.0897 e. The number of rotatable bonds is 4. The van der Waals surface area contributed by atoms with Crippen LogP contribution >= 0.6 is 11.3 Å². The molecule has 0 radical (unpaired) electrons. The van der Waals surface area contributed by atoms with E-state index in [0.717, 1.165) is 24.5 Å². The summed E-state index contributed by atoms with van der Waals surface area (Å²) in [6.45, 7) is 7.16. The van der Waals surface area contributed by atoms with Crippen LogP contribution in [0.5, 0.6) is 0 Å². The van der Waals surface area contributed by atoms with Crippen molar-refractivity contribution in [1.82, 2.24) is 14.8 Å². The molecule has 3 nitrogen and oxygen atoms in total. The van der Waals surface area contributed by atoms with Gasteiger partial charge in [0.2, 0.25) is 0 Å². The van der Waals surface area contributed by atoms with Crippen LogP contribution in [0.2, 0.25) is 0 Å². The van der Waals surface area contributed by atoms with E-state index < -0.39 is 0 Å². The predicted octanol–water partition coefficient (Wildman–Crippen LogP) is 2.51. The van der Waals surface area contributed by atoms with Crippen molar-refractivity contribution in [2.45, 2.75) is 51.2 Å². The third kappa shape index (κ3) is 2.46. The van der Waals surface area contributed by atoms with E-state index >= 15 is 0 Å². The standard InChI is InChI=1S/C15H23N3S/c1-11-16-13(10-19-11)9-18-7-5-14-15(18)4-6-17(14)8-12-2-3-12/h10,12,14-15H,2-9H2,1H3. The second-order valence-electron chi connectivity index (χ2n) is 6.48. The lowest BCUT2D eigenvalue weighted by Gasteiger charge is -2.25. The molecule has 0 aromatic carbocycles. The molecular weight excluding hydrogens is 254 g/mol. The average molecular weight is 277 g/mol. The van der Waals surface area contributed by atoms with E-state index in [-0.39, 0.29) is 0 Å². The quantitative estimate of drug-likeness (QED) is 0.843. The van der Waals surface area contributed by atoms with E-state index in [4.69, 9.17) is 0 Å². The van der Waals surface area contributed by atoms with Gasteiger partial charge >= 0.3 is 0 Å². The highest BCUT2D eigenvalue weighted by molar-refractivity contribution is 7.09. The number of aryl methyl sites for hydroxylation is 1. The Morgan fingerprint density at radius 3 is 2.58 bits per heavy atom. The minimum absolute atomic E-state index is 0.806. The van der Waals surface area contributed by atoms with Crippen LogP contribution in [0, 0.1) is 12.8 Å². The summed E-state index contributed by atoms with van der Waals surface area (Å²) in [7, 11) is 0. The molecule has 4 rings (SSSR count). The summed E-state index contributed by atoms with van der Waals surface area (Å²) in [6.07, 6.45) is 5.71. The van der Waals surface area contributed by atoms with Gasteiger partial charge in [0.15, 0.2) is 0 Å². The van der Waals surface area contributed by atoms with E-state index in [1.165, 1.54) is 56.0 Å². The van der Waals surface area contributed by atoms with Crippen LogP contribution in [0.1, 0.15) is 36.4 Å². The first-order chi connectivity index (χ1) is 9.29. The smallest absolute Gasteiger partial charge is 0.0897 e. The lowest BCUT2D eigenvalue weighted by molar-refractivity contribution is 0.211. The molecule has 2 saturated heterocycles. The second kappa shape index (κ2) is 4.83. The molecule has 3 heterocycles. The summed E-state index contributed by atoms with van der Waals surface area (Å²) in [6, 6.07) is 1.65. The van der Waals surface area contributed by atoms with Gasteiger partial charge in [0.25, 0.3) is 0 Å². The van der Waals surface area contributed by atoms with Crippen LogP contribution in [0.15, 0.2) is 5.38 Å². The highest BCUT2D eigenvalue weighted by Crippen LogP contribution is 2.37. The van der Waals surface area contributed by atoms with Crippen molar-refractivity contribution in [3.63, 3.8) is 0 Å². The van der Waals surface area contributed by atoms with E-state index in [0.29, 0.717) is 0 Å². The van der Waals surface area contributed by atoms with Crippen LogP contribution in [-0.2, 0) is 6.54 Å². The molecule has 1 aliphatic carbocycles. The van der Waals surface area contributed by atoms with E-state index in [9.17, 15) is 0 Å². The first-order valence-electron chi connectivity index (χ1n) is 7.69. The van der Waals surface area contributed by atoms with Crippen molar-refractivity contribution in [2.75, 3.05) is 19.6 Å². The molecule has 0 amide bonds. The number of thiazole rings is 1. The summed E-state index contributed by atoms with van der Waals surface area (Å²) in [5, 5.41) is 3.44. The van der Waals surface area contributed by atoms with E-state index in [2.05, 4.69) is 27.1 Å². The fourth-order valence-corrected chi connectivity index (χ4v) is 4.51. The van der Waals surface area contributed by atoms with Crippen molar-refractivity contribution in [3.8, 4) is 0 Å². The summed E-state index contributed by atoms with van der Waals surface area (Å²) in [5.41, 5.74) is 1.28. The zero-order chi connectivity index (χ0) is 12.8. The fourth-order valence-electron chi connectivity index (χ4n) is 3.91. The van der Waals surface area contributed by atoms with Gasteiger partial charge in [-0.25, -0.2) is 4.98 Å². The average Bonchev–Trinajstić information content (AvgIpc) is 2.80. The number of hydrogen-bond acceptors (Lipinski definition) is 4. The Kier molecular flexibility index (Phi) is 3.13. The van der Waals surface area contributed by atoms with Gasteiger partial charge in [-0.3, -0.25) is 9.80 Å². The molecule has 104 valence electrons. The van der Waals surface area contributed by atoms with Gasteiger partial charge in [-0.2, -0.15) is 0 Å².